The molecule has 1 aromatic carbocycles. The summed E-state index contributed by atoms with van der Waals surface area (Å²) in [5.74, 6) is -1.25. The van der Waals surface area contributed by atoms with Crippen LogP contribution >= 0.6 is 0 Å². The predicted octanol–water partition coefficient (Wildman–Crippen LogP) is 1.86. The summed E-state index contributed by atoms with van der Waals surface area (Å²) >= 11 is 0. The molecule has 2 amide bonds. The molecule has 2 atom stereocenters. The molecule has 1 heterocycles. The average molecular weight is 376 g/mol. The molecule has 1 fully saturated rings. The zero-order valence-corrected chi connectivity index (χ0v) is 16.2. The van der Waals surface area contributed by atoms with Gasteiger partial charge in [-0.05, 0) is 24.0 Å². The summed E-state index contributed by atoms with van der Waals surface area (Å²) < 4.78 is 9.91. The van der Waals surface area contributed by atoms with Crippen LogP contribution in [0.3, 0.4) is 0 Å². The molecule has 1 N–H and O–H groups in total. The van der Waals surface area contributed by atoms with Gasteiger partial charge in [0.05, 0.1) is 12.5 Å². The van der Waals surface area contributed by atoms with Gasteiger partial charge in [0.25, 0.3) is 5.91 Å². The summed E-state index contributed by atoms with van der Waals surface area (Å²) in [7, 11) is 1.54. The number of hydrogen-bond acceptors (Lipinski definition) is 5. The van der Waals surface area contributed by atoms with Crippen LogP contribution in [0.4, 0.5) is 5.69 Å². The van der Waals surface area contributed by atoms with E-state index in [-0.39, 0.29) is 31.4 Å². The number of amides is 2. The highest BCUT2D eigenvalue weighted by molar-refractivity contribution is 6.00. The van der Waals surface area contributed by atoms with Crippen molar-refractivity contribution in [1.29, 1.82) is 0 Å². The van der Waals surface area contributed by atoms with E-state index in [1.807, 2.05) is 24.3 Å². The lowest BCUT2D eigenvalue weighted by atomic mass is 9.96. The first-order valence-corrected chi connectivity index (χ1v) is 9.29. The molecule has 0 unspecified atom stereocenters. The quantitative estimate of drug-likeness (QED) is 0.525. The van der Waals surface area contributed by atoms with Crippen LogP contribution in [0.2, 0.25) is 0 Å². The molecule has 0 bridgehead atoms. The van der Waals surface area contributed by atoms with Gasteiger partial charge >= 0.3 is 5.97 Å². The van der Waals surface area contributed by atoms with Gasteiger partial charge in [0, 0.05) is 32.3 Å². The van der Waals surface area contributed by atoms with E-state index in [4.69, 9.17) is 9.47 Å². The number of benzene rings is 1. The van der Waals surface area contributed by atoms with Gasteiger partial charge in [-0.3, -0.25) is 14.4 Å². The van der Waals surface area contributed by atoms with E-state index in [0.717, 1.165) is 17.7 Å². The van der Waals surface area contributed by atoms with E-state index in [0.29, 0.717) is 19.1 Å². The third-order valence-electron chi connectivity index (χ3n) is 4.80. The predicted molar refractivity (Wildman–Crippen MR) is 101 cm³/mol. The number of hydrogen-bond donors (Lipinski definition) is 1. The first-order chi connectivity index (χ1) is 13.0. The molecule has 1 aliphatic heterocycles. The van der Waals surface area contributed by atoms with E-state index in [1.165, 1.54) is 7.11 Å². The van der Waals surface area contributed by atoms with Crippen LogP contribution in [0, 0.1) is 5.92 Å². The number of methoxy groups -OCH3 is 1. The van der Waals surface area contributed by atoms with Crippen LogP contribution in [0.25, 0.3) is 0 Å². The van der Waals surface area contributed by atoms with Crippen molar-refractivity contribution in [1.82, 2.24) is 5.32 Å². The van der Waals surface area contributed by atoms with Gasteiger partial charge in [0.2, 0.25) is 5.91 Å². The van der Waals surface area contributed by atoms with Crippen LogP contribution in [-0.4, -0.2) is 51.2 Å². The summed E-state index contributed by atoms with van der Waals surface area (Å²) in [4.78, 5) is 38.0. The number of esters is 1. The fraction of sp³-hybridized carbons (Fsp3) is 0.550. The topological polar surface area (TPSA) is 84.9 Å². The summed E-state index contributed by atoms with van der Waals surface area (Å²) in [6.07, 6.45) is 1.06. The van der Waals surface area contributed by atoms with Crippen molar-refractivity contribution in [3.63, 3.8) is 0 Å². The number of ether oxygens (including phenoxy) is 2. The molecule has 148 valence electrons. The van der Waals surface area contributed by atoms with Crippen molar-refractivity contribution in [3.8, 4) is 0 Å². The monoisotopic (exact) mass is 376 g/mol. The Hall–Kier alpha value is -2.41. The molecule has 1 saturated heterocycles. The largest absolute Gasteiger partial charge is 0.455 e. The van der Waals surface area contributed by atoms with Crippen LogP contribution in [-0.2, 0) is 23.9 Å². The SMILES string of the molecule is CC[C@H](C)c1ccccc1N1C[C@@H](C(=O)OCC(=O)NCCOC)CC1=O. The van der Waals surface area contributed by atoms with Gasteiger partial charge in [-0.15, -0.1) is 0 Å². The lowest BCUT2D eigenvalue weighted by Gasteiger charge is -2.23. The first-order valence-electron chi connectivity index (χ1n) is 9.29. The van der Waals surface area contributed by atoms with Gasteiger partial charge in [0.15, 0.2) is 6.61 Å². The molecule has 1 aromatic rings. The van der Waals surface area contributed by atoms with Crippen molar-refractivity contribution in [3.05, 3.63) is 29.8 Å². The van der Waals surface area contributed by atoms with E-state index < -0.39 is 11.9 Å². The first kappa shape index (κ1) is 20.9. The standard InChI is InChI=1S/C20H28N2O5/c1-4-14(2)16-7-5-6-8-17(16)22-12-15(11-19(22)24)20(25)27-13-18(23)21-9-10-26-3/h5-8,14-15H,4,9-13H2,1-3H3,(H,21,23)/t14-,15-/m0/s1. The van der Waals surface area contributed by atoms with Crippen molar-refractivity contribution >= 4 is 23.5 Å². The van der Waals surface area contributed by atoms with Crippen LogP contribution in [0.5, 0.6) is 0 Å². The van der Waals surface area contributed by atoms with E-state index in [2.05, 4.69) is 19.2 Å². The van der Waals surface area contributed by atoms with Crippen molar-refractivity contribution < 1.29 is 23.9 Å². The second-order valence-electron chi connectivity index (χ2n) is 6.72. The van der Waals surface area contributed by atoms with Crippen molar-refractivity contribution in [2.24, 2.45) is 5.92 Å². The maximum absolute atomic E-state index is 12.5. The molecule has 2 rings (SSSR count). The molecule has 0 aliphatic carbocycles. The minimum absolute atomic E-state index is 0.0962. The van der Waals surface area contributed by atoms with Crippen LogP contribution in [0.1, 0.15) is 38.2 Å². The molecule has 0 aromatic heterocycles. The molecule has 0 saturated carbocycles. The Bertz CT molecular complexity index is 676. The van der Waals surface area contributed by atoms with Crippen molar-refractivity contribution in [2.75, 3.05) is 38.3 Å². The summed E-state index contributed by atoms with van der Waals surface area (Å²) in [6.45, 7) is 4.89. The maximum Gasteiger partial charge on any atom is 0.311 e. The van der Waals surface area contributed by atoms with Gasteiger partial charge in [-0.1, -0.05) is 32.0 Å². The van der Waals surface area contributed by atoms with Gasteiger partial charge in [0.1, 0.15) is 0 Å². The van der Waals surface area contributed by atoms with Gasteiger partial charge < -0.3 is 19.7 Å². The maximum atomic E-state index is 12.5. The number of para-hydroxylation sites is 1. The molecular weight excluding hydrogens is 348 g/mol. The van der Waals surface area contributed by atoms with Crippen LogP contribution < -0.4 is 10.2 Å². The second-order valence-corrected chi connectivity index (χ2v) is 6.72. The number of anilines is 1. The van der Waals surface area contributed by atoms with E-state index in [1.54, 1.807) is 4.90 Å². The minimum atomic E-state index is -0.561. The fourth-order valence-electron chi connectivity index (χ4n) is 3.07. The number of carbonyl (C=O) groups is 3. The lowest BCUT2D eigenvalue weighted by molar-refractivity contribution is -0.152. The highest BCUT2D eigenvalue weighted by atomic mass is 16.5. The normalized spacial score (nSPS) is 17.7. The zero-order valence-electron chi connectivity index (χ0n) is 16.2. The number of nitrogens with zero attached hydrogens (tertiary/aromatic N) is 1. The summed E-state index contributed by atoms with van der Waals surface area (Å²) in [6, 6.07) is 7.78. The molecule has 27 heavy (non-hydrogen) atoms. The average Bonchev–Trinajstić information content (AvgIpc) is 3.07. The van der Waals surface area contributed by atoms with E-state index in [9.17, 15) is 14.4 Å². The Labute approximate surface area is 160 Å². The van der Waals surface area contributed by atoms with E-state index >= 15 is 0 Å². The lowest BCUT2D eigenvalue weighted by Crippen LogP contribution is -2.33. The Morgan fingerprint density at radius 3 is 2.78 bits per heavy atom. The summed E-state index contributed by atoms with van der Waals surface area (Å²) in [5, 5.41) is 2.58. The number of carbonyl (C=O) groups excluding carboxylic acids is 3. The van der Waals surface area contributed by atoms with Gasteiger partial charge in [-0.2, -0.15) is 0 Å². The third-order valence-corrected chi connectivity index (χ3v) is 4.80. The zero-order chi connectivity index (χ0) is 19.8. The van der Waals surface area contributed by atoms with Gasteiger partial charge in [-0.25, -0.2) is 0 Å². The third kappa shape index (κ3) is 5.53. The molecule has 1 aliphatic rings. The summed E-state index contributed by atoms with van der Waals surface area (Å²) in [5.41, 5.74) is 1.95. The Morgan fingerprint density at radius 2 is 2.07 bits per heavy atom. The second kappa shape index (κ2) is 10.1. The number of rotatable bonds is 9. The molecular formula is C20H28N2O5. The molecule has 0 radical (unpaired) electrons. The Balaban J connectivity index is 1.95. The highest BCUT2D eigenvalue weighted by Gasteiger charge is 2.37. The molecule has 7 heteroatoms. The minimum Gasteiger partial charge on any atom is -0.455 e. The van der Waals surface area contributed by atoms with Crippen LogP contribution in [0.15, 0.2) is 24.3 Å². The van der Waals surface area contributed by atoms with Crippen molar-refractivity contribution in [2.45, 2.75) is 32.6 Å². The number of nitrogens with one attached hydrogen (secondary N) is 1. The fourth-order valence-corrected chi connectivity index (χ4v) is 3.07. The Morgan fingerprint density at radius 1 is 1.33 bits per heavy atom. The highest BCUT2D eigenvalue weighted by Crippen LogP contribution is 2.33. The smallest absolute Gasteiger partial charge is 0.311 e. The Kier molecular flexibility index (Phi) is 7.79. The molecule has 0 spiro atoms. The molecule has 7 nitrogen and oxygen atoms in total.